The van der Waals surface area contributed by atoms with Gasteiger partial charge in [0, 0.05) is 50.1 Å². The molecule has 1 fully saturated rings. The number of hydrogen-bond donors (Lipinski definition) is 0. The first-order valence-electron chi connectivity index (χ1n) is 9.60. The minimum absolute atomic E-state index is 0.0427. The third kappa shape index (κ3) is 4.29. The van der Waals surface area contributed by atoms with Crippen molar-refractivity contribution >= 4 is 0 Å². The number of pyridine rings is 1. The van der Waals surface area contributed by atoms with E-state index in [0.29, 0.717) is 13.0 Å². The number of aromatic nitrogens is 3. The van der Waals surface area contributed by atoms with E-state index >= 15 is 0 Å². The number of aryl methyl sites for hydroxylation is 1. The van der Waals surface area contributed by atoms with Crippen LogP contribution >= 0.6 is 0 Å². The van der Waals surface area contributed by atoms with Gasteiger partial charge in [0.2, 0.25) is 0 Å². The van der Waals surface area contributed by atoms with Gasteiger partial charge in [-0.1, -0.05) is 18.2 Å². The summed E-state index contributed by atoms with van der Waals surface area (Å²) in [6.45, 7) is 5.37. The Bertz CT molecular complexity index is 938. The minimum Gasteiger partial charge on any atom is -0.369 e. The van der Waals surface area contributed by atoms with E-state index in [-0.39, 0.29) is 11.9 Å². The van der Waals surface area contributed by atoms with Crippen molar-refractivity contribution in [2.24, 2.45) is 7.05 Å². The Labute approximate surface area is 164 Å². The monoisotopic (exact) mass is 380 g/mol. The average molecular weight is 380 g/mol. The predicted octanol–water partition coefficient (Wildman–Crippen LogP) is 3.43. The molecule has 0 N–H and O–H groups in total. The molecule has 0 spiro atoms. The smallest absolute Gasteiger partial charge is 0.123 e. The molecule has 28 heavy (non-hydrogen) atoms. The van der Waals surface area contributed by atoms with Crippen molar-refractivity contribution < 1.29 is 9.13 Å². The summed E-state index contributed by atoms with van der Waals surface area (Å²) in [4.78, 5) is 7.21. The van der Waals surface area contributed by atoms with E-state index in [9.17, 15) is 4.39 Å². The third-order valence-corrected chi connectivity index (χ3v) is 5.34. The highest BCUT2D eigenvalue weighted by Gasteiger charge is 2.24. The predicted molar refractivity (Wildman–Crippen MR) is 105 cm³/mol. The molecule has 0 unspecified atom stereocenters. The van der Waals surface area contributed by atoms with Crippen LogP contribution in [0, 0.1) is 12.7 Å². The van der Waals surface area contributed by atoms with Gasteiger partial charge in [0.05, 0.1) is 18.5 Å². The quantitative estimate of drug-likeness (QED) is 0.680. The molecule has 0 amide bonds. The van der Waals surface area contributed by atoms with Crippen molar-refractivity contribution in [1.82, 2.24) is 19.7 Å². The number of hydrogen-bond acceptors (Lipinski definition) is 4. The zero-order valence-corrected chi connectivity index (χ0v) is 16.3. The molecule has 6 heteroatoms. The second-order valence-corrected chi connectivity index (χ2v) is 7.33. The normalized spacial score (nSPS) is 17.8. The Hall–Kier alpha value is -2.57. The number of nitrogens with zero attached hydrogens (tertiary/aromatic N) is 4. The fraction of sp³-hybridized carbons (Fsp3) is 0.364. The molecule has 3 aromatic rings. The molecule has 3 heterocycles. The van der Waals surface area contributed by atoms with Gasteiger partial charge < -0.3 is 4.74 Å². The summed E-state index contributed by atoms with van der Waals surface area (Å²) < 4.78 is 21.0. The van der Waals surface area contributed by atoms with Gasteiger partial charge >= 0.3 is 0 Å². The van der Waals surface area contributed by atoms with Crippen molar-refractivity contribution in [3.63, 3.8) is 0 Å². The van der Waals surface area contributed by atoms with Gasteiger partial charge in [0.15, 0.2) is 0 Å². The lowest BCUT2D eigenvalue weighted by Gasteiger charge is -2.32. The lowest BCUT2D eigenvalue weighted by atomic mass is 10.1. The zero-order valence-electron chi connectivity index (χ0n) is 16.3. The fourth-order valence-corrected chi connectivity index (χ4v) is 3.55. The standard InChI is InChI=1S/C22H25FN4O/c1-16-18(13-24-26(16)2)14-27-10-11-28-22(15-27)21-5-3-4-20(25-21)12-17-6-8-19(23)9-7-17/h3-9,13,22H,10-12,14-15H2,1-2H3/t22-/m1/s1. The van der Waals surface area contributed by atoms with Crippen LogP contribution in [-0.4, -0.2) is 39.4 Å². The van der Waals surface area contributed by atoms with Crippen LogP contribution in [0.1, 0.15) is 34.3 Å². The van der Waals surface area contributed by atoms with Gasteiger partial charge in [0.25, 0.3) is 0 Å². The maximum absolute atomic E-state index is 13.1. The summed E-state index contributed by atoms with van der Waals surface area (Å²) >= 11 is 0. The molecule has 0 saturated carbocycles. The van der Waals surface area contributed by atoms with Crippen LogP contribution in [0.15, 0.2) is 48.7 Å². The number of halogens is 1. The van der Waals surface area contributed by atoms with Gasteiger partial charge in [-0.3, -0.25) is 14.6 Å². The van der Waals surface area contributed by atoms with E-state index in [1.807, 2.05) is 36.1 Å². The van der Waals surface area contributed by atoms with E-state index in [1.54, 1.807) is 12.1 Å². The largest absolute Gasteiger partial charge is 0.369 e. The lowest BCUT2D eigenvalue weighted by Crippen LogP contribution is -2.38. The first kappa shape index (κ1) is 18.8. The number of benzene rings is 1. The van der Waals surface area contributed by atoms with Crippen molar-refractivity contribution in [3.05, 3.63) is 82.7 Å². The summed E-state index contributed by atoms with van der Waals surface area (Å²) in [5.41, 5.74) is 5.41. The molecule has 146 valence electrons. The summed E-state index contributed by atoms with van der Waals surface area (Å²) in [6, 6.07) is 12.6. The van der Waals surface area contributed by atoms with Crippen molar-refractivity contribution in [1.29, 1.82) is 0 Å². The number of morpholine rings is 1. The molecule has 2 aromatic heterocycles. The van der Waals surface area contributed by atoms with Gasteiger partial charge in [-0.2, -0.15) is 5.10 Å². The molecular weight excluding hydrogens is 355 g/mol. The van der Waals surface area contributed by atoms with Crippen LogP contribution in [0.2, 0.25) is 0 Å². The molecule has 1 atom stereocenters. The third-order valence-electron chi connectivity index (χ3n) is 5.34. The molecule has 5 nitrogen and oxygen atoms in total. The Kier molecular flexibility index (Phi) is 5.50. The van der Waals surface area contributed by atoms with E-state index in [4.69, 9.17) is 9.72 Å². The molecular formula is C22H25FN4O. The maximum Gasteiger partial charge on any atom is 0.123 e. The maximum atomic E-state index is 13.1. The topological polar surface area (TPSA) is 43.2 Å². The first-order valence-corrected chi connectivity index (χ1v) is 9.60. The Morgan fingerprint density at radius 2 is 2.00 bits per heavy atom. The lowest BCUT2D eigenvalue weighted by molar-refractivity contribution is -0.0351. The van der Waals surface area contributed by atoms with Gasteiger partial charge in [-0.15, -0.1) is 0 Å². The molecule has 0 radical (unpaired) electrons. The highest BCUT2D eigenvalue weighted by molar-refractivity contribution is 5.24. The van der Waals surface area contributed by atoms with Crippen LogP contribution in [0.25, 0.3) is 0 Å². The van der Waals surface area contributed by atoms with Crippen molar-refractivity contribution in [2.45, 2.75) is 26.0 Å². The van der Waals surface area contributed by atoms with Crippen LogP contribution in [-0.2, 0) is 24.8 Å². The summed E-state index contributed by atoms with van der Waals surface area (Å²) in [5, 5.41) is 4.34. The summed E-state index contributed by atoms with van der Waals surface area (Å²) in [7, 11) is 1.97. The van der Waals surface area contributed by atoms with Crippen LogP contribution < -0.4 is 0 Å². The minimum atomic E-state index is -0.218. The zero-order chi connectivity index (χ0) is 19.5. The number of rotatable bonds is 5. The Morgan fingerprint density at radius 3 is 2.75 bits per heavy atom. The summed E-state index contributed by atoms with van der Waals surface area (Å²) in [5.74, 6) is -0.218. The van der Waals surface area contributed by atoms with Crippen LogP contribution in [0.3, 0.4) is 0 Å². The van der Waals surface area contributed by atoms with E-state index in [1.165, 1.54) is 23.4 Å². The van der Waals surface area contributed by atoms with Crippen molar-refractivity contribution in [2.75, 3.05) is 19.7 Å². The molecule has 0 aliphatic carbocycles. The van der Waals surface area contributed by atoms with Gasteiger partial charge in [0.1, 0.15) is 11.9 Å². The molecule has 0 bridgehead atoms. The molecule has 1 aromatic carbocycles. The molecule has 4 rings (SSSR count). The second kappa shape index (κ2) is 8.20. The van der Waals surface area contributed by atoms with Crippen LogP contribution in [0.5, 0.6) is 0 Å². The fourth-order valence-electron chi connectivity index (χ4n) is 3.55. The first-order chi connectivity index (χ1) is 13.6. The highest BCUT2D eigenvalue weighted by atomic mass is 19.1. The van der Waals surface area contributed by atoms with Gasteiger partial charge in [-0.05, 0) is 36.8 Å². The van der Waals surface area contributed by atoms with Crippen molar-refractivity contribution in [3.8, 4) is 0 Å². The van der Waals surface area contributed by atoms with E-state index < -0.39 is 0 Å². The van der Waals surface area contributed by atoms with Gasteiger partial charge in [-0.25, -0.2) is 4.39 Å². The number of ether oxygens (including phenoxy) is 1. The summed E-state index contributed by atoms with van der Waals surface area (Å²) in [6.07, 6.45) is 2.58. The molecule has 1 aliphatic rings. The van der Waals surface area contributed by atoms with E-state index in [2.05, 4.69) is 16.9 Å². The Balaban J connectivity index is 1.44. The average Bonchev–Trinajstić information content (AvgIpc) is 3.02. The SMILES string of the molecule is Cc1c(CN2CCO[C@@H](c3cccc(Cc4ccc(F)cc4)n3)C2)cnn1C. The highest BCUT2D eigenvalue weighted by Crippen LogP contribution is 2.23. The molecule has 1 aliphatic heterocycles. The Morgan fingerprint density at radius 1 is 1.18 bits per heavy atom. The van der Waals surface area contributed by atoms with Crippen LogP contribution in [0.4, 0.5) is 4.39 Å². The second-order valence-electron chi connectivity index (χ2n) is 7.33. The molecule has 1 saturated heterocycles. The van der Waals surface area contributed by atoms with E-state index in [0.717, 1.165) is 36.6 Å².